The summed E-state index contributed by atoms with van der Waals surface area (Å²) in [6.07, 6.45) is 0. The van der Waals surface area contributed by atoms with Gasteiger partial charge in [0.05, 0.1) is 10.1 Å². The third kappa shape index (κ3) is 5.09. The molecular formula is C17H20N2O3S2. The Morgan fingerprint density at radius 2 is 1.92 bits per heavy atom. The predicted molar refractivity (Wildman–Crippen MR) is 98.4 cm³/mol. The number of carbonyl (C=O) groups excluding carboxylic acids is 1. The zero-order valence-electron chi connectivity index (χ0n) is 13.5. The Hall–Kier alpha value is -1.83. The van der Waals surface area contributed by atoms with Crippen LogP contribution in [-0.4, -0.2) is 19.6 Å². The van der Waals surface area contributed by atoms with Gasteiger partial charge in [0.25, 0.3) is 0 Å². The number of primary sulfonamides is 1. The fourth-order valence-electron chi connectivity index (χ4n) is 2.06. The molecule has 0 unspecified atom stereocenters. The van der Waals surface area contributed by atoms with Crippen molar-refractivity contribution < 1.29 is 13.2 Å². The number of rotatable bonds is 6. The van der Waals surface area contributed by atoms with E-state index in [2.05, 4.69) is 5.32 Å². The van der Waals surface area contributed by atoms with Crippen LogP contribution in [0.2, 0.25) is 0 Å². The lowest BCUT2D eigenvalue weighted by Crippen LogP contribution is -2.23. The number of carbonyl (C=O) groups is 1. The first kappa shape index (κ1) is 18.5. The Kier molecular flexibility index (Phi) is 6.04. The molecule has 0 aromatic heterocycles. The van der Waals surface area contributed by atoms with Crippen LogP contribution in [0.3, 0.4) is 0 Å². The van der Waals surface area contributed by atoms with Gasteiger partial charge in [0.1, 0.15) is 0 Å². The molecule has 7 heteroatoms. The predicted octanol–water partition coefficient (Wildman–Crippen LogP) is 2.90. The van der Waals surface area contributed by atoms with Crippen LogP contribution in [0.1, 0.15) is 18.1 Å². The van der Waals surface area contributed by atoms with Crippen LogP contribution in [0.5, 0.6) is 0 Å². The number of anilines is 1. The molecule has 0 aliphatic rings. The smallest absolute Gasteiger partial charge is 0.238 e. The molecule has 0 bridgehead atoms. The molecule has 0 aliphatic carbocycles. The van der Waals surface area contributed by atoms with Gasteiger partial charge in [0.15, 0.2) is 0 Å². The average molecular weight is 364 g/mol. The zero-order valence-corrected chi connectivity index (χ0v) is 15.2. The van der Waals surface area contributed by atoms with E-state index in [1.54, 1.807) is 12.1 Å². The Morgan fingerprint density at radius 1 is 1.21 bits per heavy atom. The number of amides is 1. The van der Waals surface area contributed by atoms with Crippen LogP contribution < -0.4 is 10.5 Å². The molecule has 1 atom stereocenters. The highest BCUT2D eigenvalue weighted by atomic mass is 32.2. The summed E-state index contributed by atoms with van der Waals surface area (Å²) in [5.41, 5.74) is 2.80. The number of thioether (sulfide) groups is 1. The summed E-state index contributed by atoms with van der Waals surface area (Å²) >= 11 is 1.53. The normalized spacial score (nSPS) is 12.6. The lowest BCUT2D eigenvalue weighted by molar-refractivity contribution is -0.115. The second kappa shape index (κ2) is 7.83. The topological polar surface area (TPSA) is 89.3 Å². The second-order valence-corrected chi connectivity index (χ2v) is 8.33. The standard InChI is InChI=1S/C17H20N2O3S2/c1-12-6-3-4-7-14(12)11-23-13(2)17(20)19-15-8-5-9-16(10-15)24(18,21)22/h3-10,13H,11H2,1-2H3,(H,19,20)(H2,18,21,22)/t13-/m0/s1. The summed E-state index contributed by atoms with van der Waals surface area (Å²) in [5.74, 6) is 0.554. The molecule has 5 nitrogen and oxygen atoms in total. The highest BCUT2D eigenvalue weighted by molar-refractivity contribution is 7.99. The van der Waals surface area contributed by atoms with Crippen LogP contribution in [-0.2, 0) is 20.6 Å². The summed E-state index contributed by atoms with van der Waals surface area (Å²) < 4.78 is 22.7. The summed E-state index contributed by atoms with van der Waals surface area (Å²) in [6, 6.07) is 14.0. The van der Waals surface area contributed by atoms with Crippen molar-refractivity contribution in [2.24, 2.45) is 5.14 Å². The average Bonchev–Trinajstić information content (AvgIpc) is 2.53. The number of hydrogen-bond donors (Lipinski definition) is 2. The third-order valence-electron chi connectivity index (χ3n) is 3.55. The van der Waals surface area contributed by atoms with Crippen LogP contribution in [0, 0.1) is 6.92 Å². The Labute approximate surface area is 146 Å². The maximum Gasteiger partial charge on any atom is 0.238 e. The van der Waals surface area contributed by atoms with Crippen molar-refractivity contribution in [3.8, 4) is 0 Å². The van der Waals surface area contributed by atoms with E-state index in [-0.39, 0.29) is 16.1 Å². The van der Waals surface area contributed by atoms with Crippen molar-refractivity contribution in [3.63, 3.8) is 0 Å². The van der Waals surface area contributed by atoms with Gasteiger partial charge in [-0.25, -0.2) is 13.6 Å². The number of sulfonamides is 1. The zero-order chi connectivity index (χ0) is 17.7. The van der Waals surface area contributed by atoms with Crippen LogP contribution in [0.4, 0.5) is 5.69 Å². The van der Waals surface area contributed by atoms with Crippen molar-refractivity contribution in [3.05, 3.63) is 59.7 Å². The minimum Gasteiger partial charge on any atom is -0.325 e. The van der Waals surface area contributed by atoms with E-state index in [4.69, 9.17) is 5.14 Å². The molecule has 1 amide bonds. The lowest BCUT2D eigenvalue weighted by Gasteiger charge is -2.13. The van der Waals surface area contributed by atoms with Gasteiger partial charge < -0.3 is 5.32 Å². The lowest BCUT2D eigenvalue weighted by atomic mass is 10.1. The Bertz CT molecular complexity index is 835. The quantitative estimate of drug-likeness (QED) is 0.825. The molecule has 2 rings (SSSR count). The monoisotopic (exact) mass is 364 g/mol. The van der Waals surface area contributed by atoms with Crippen LogP contribution in [0.25, 0.3) is 0 Å². The highest BCUT2D eigenvalue weighted by Gasteiger charge is 2.15. The molecule has 0 spiro atoms. The number of aryl methyl sites for hydroxylation is 1. The number of nitrogens with two attached hydrogens (primary N) is 1. The first-order chi connectivity index (χ1) is 11.3. The van der Waals surface area contributed by atoms with E-state index >= 15 is 0 Å². The molecule has 128 valence electrons. The van der Waals surface area contributed by atoms with Gasteiger partial charge in [-0.05, 0) is 43.2 Å². The minimum atomic E-state index is -3.79. The van der Waals surface area contributed by atoms with E-state index in [0.717, 1.165) is 5.75 Å². The molecule has 2 aromatic carbocycles. The largest absolute Gasteiger partial charge is 0.325 e. The van der Waals surface area contributed by atoms with Crippen molar-refractivity contribution in [2.45, 2.75) is 29.7 Å². The van der Waals surface area contributed by atoms with Gasteiger partial charge in [-0.3, -0.25) is 4.79 Å². The molecular weight excluding hydrogens is 344 g/mol. The van der Waals surface area contributed by atoms with E-state index in [0.29, 0.717) is 5.69 Å². The van der Waals surface area contributed by atoms with Crippen molar-refractivity contribution in [2.75, 3.05) is 5.32 Å². The van der Waals surface area contributed by atoms with Gasteiger partial charge in [0, 0.05) is 11.4 Å². The summed E-state index contributed by atoms with van der Waals surface area (Å²) in [5, 5.41) is 7.55. The van der Waals surface area contributed by atoms with Gasteiger partial charge in [-0.2, -0.15) is 0 Å². The Morgan fingerprint density at radius 3 is 2.58 bits per heavy atom. The summed E-state index contributed by atoms with van der Waals surface area (Å²) in [4.78, 5) is 12.2. The van der Waals surface area contributed by atoms with E-state index < -0.39 is 10.0 Å². The number of nitrogens with one attached hydrogen (secondary N) is 1. The third-order valence-corrected chi connectivity index (χ3v) is 5.65. The molecule has 3 N–H and O–H groups in total. The minimum absolute atomic E-state index is 0.0273. The highest BCUT2D eigenvalue weighted by Crippen LogP contribution is 2.22. The van der Waals surface area contributed by atoms with Crippen molar-refractivity contribution in [1.29, 1.82) is 0 Å². The maximum atomic E-state index is 12.3. The van der Waals surface area contributed by atoms with E-state index in [1.165, 1.54) is 35.0 Å². The molecule has 0 saturated heterocycles. The van der Waals surface area contributed by atoms with E-state index in [9.17, 15) is 13.2 Å². The first-order valence-electron chi connectivity index (χ1n) is 7.37. The van der Waals surface area contributed by atoms with Gasteiger partial charge >= 0.3 is 0 Å². The molecule has 0 radical (unpaired) electrons. The number of benzene rings is 2. The fourth-order valence-corrected chi connectivity index (χ4v) is 3.58. The summed E-state index contributed by atoms with van der Waals surface area (Å²) in [7, 11) is -3.79. The van der Waals surface area contributed by atoms with Gasteiger partial charge in [-0.15, -0.1) is 11.8 Å². The van der Waals surface area contributed by atoms with Crippen LogP contribution in [0.15, 0.2) is 53.4 Å². The molecule has 2 aromatic rings. The van der Waals surface area contributed by atoms with Gasteiger partial charge in [0.2, 0.25) is 15.9 Å². The maximum absolute atomic E-state index is 12.3. The molecule has 24 heavy (non-hydrogen) atoms. The van der Waals surface area contributed by atoms with Crippen molar-refractivity contribution in [1.82, 2.24) is 0 Å². The second-order valence-electron chi connectivity index (χ2n) is 5.44. The molecule has 0 fully saturated rings. The van der Waals surface area contributed by atoms with Crippen molar-refractivity contribution >= 4 is 33.4 Å². The van der Waals surface area contributed by atoms with E-state index in [1.807, 2.05) is 38.1 Å². The number of hydrogen-bond acceptors (Lipinski definition) is 4. The molecule has 0 aliphatic heterocycles. The van der Waals surface area contributed by atoms with Crippen LogP contribution >= 0.6 is 11.8 Å². The molecule has 0 saturated carbocycles. The Balaban J connectivity index is 1.98. The first-order valence-corrected chi connectivity index (χ1v) is 9.97. The fraction of sp³-hybridized carbons (Fsp3) is 0.235. The molecule has 0 heterocycles. The van der Waals surface area contributed by atoms with Gasteiger partial charge in [-0.1, -0.05) is 30.3 Å². The summed E-state index contributed by atoms with van der Waals surface area (Å²) in [6.45, 7) is 3.86. The SMILES string of the molecule is Cc1ccccc1CS[C@@H](C)C(=O)Nc1cccc(S(N)(=O)=O)c1.